The number of H-pyrrole nitrogens is 2. The van der Waals surface area contributed by atoms with Crippen molar-refractivity contribution in [2.45, 2.75) is 26.2 Å². The Morgan fingerprint density at radius 1 is 1.09 bits per heavy atom. The smallest absolute Gasteiger partial charge is 0.157 e. The quantitative estimate of drug-likeness (QED) is 0.608. The van der Waals surface area contributed by atoms with Gasteiger partial charge in [0.25, 0.3) is 0 Å². The van der Waals surface area contributed by atoms with E-state index in [0.717, 1.165) is 40.0 Å². The van der Waals surface area contributed by atoms with Crippen molar-refractivity contribution in [3.05, 3.63) is 47.8 Å². The van der Waals surface area contributed by atoms with Gasteiger partial charge >= 0.3 is 0 Å². The van der Waals surface area contributed by atoms with E-state index in [1.807, 2.05) is 19.1 Å². The largest absolute Gasteiger partial charge is 0.357 e. The number of hydrogen-bond donors (Lipinski definition) is 2. The molecule has 0 aliphatic carbocycles. The van der Waals surface area contributed by atoms with E-state index >= 15 is 0 Å². The van der Waals surface area contributed by atoms with Crippen LogP contribution in [0.1, 0.15) is 30.1 Å². The number of fused-ring (bicyclic) bond motifs is 2. The molecule has 1 unspecified atom stereocenters. The zero-order valence-electron chi connectivity index (χ0n) is 12.5. The van der Waals surface area contributed by atoms with E-state index in [1.165, 1.54) is 5.69 Å². The number of rotatable bonds is 3. The molecule has 22 heavy (non-hydrogen) atoms. The highest BCUT2D eigenvalue weighted by Crippen LogP contribution is 2.23. The van der Waals surface area contributed by atoms with Crippen LogP contribution in [-0.2, 0) is 6.42 Å². The maximum absolute atomic E-state index is 4.66. The molecule has 0 amide bonds. The molecule has 4 aromatic heterocycles. The normalized spacial score (nSPS) is 13.0. The first kappa shape index (κ1) is 12.9. The van der Waals surface area contributed by atoms with E-state index in [-0.39, 0.29) is 0 Å². The minimum atomic E-state index is 0.335. The van der Waals surface area contributed by atoms with Gasteiger partial charge in [-0.15, -0.1) is 0 Å². The lowest BCUT2D eigenvalue weighted by atomic mass is 10.0. The summed E-state index contributed by atoms with van der Waals surface area (Å²) in [5.74, 6) is 1.23. The van der Waals surface area contributed by atoms with Gasteiger partial charge in [-0.2, -0.15) is 10.2 Å². The highest BCUT2D eigenvalue weighted by molar-refractivity contribution is 5.78. The maximum Gasteiger partial charge on any atom is 0.157 e. The number of imidazole rings is 1. The lowest BCUT2D eigenvalue weighted by molar-refractivity contribution is 0.725. The molecular formula is C16H16N6. The average molecular weight is 292 g/mol. The van der Waals surface area contributed by atoms with Crippen LogP contribution in [0.25, 0.3) is 22.1 Å². The van der Waals surface area contributed by atoms with E-state index < -0.39 is 0 Å². The summed E-state index contributed by atoms with van der Waals surface area (Å²) < 4.78 is 0. The molecule has 0 aliphatic heterocycles. The van der Waals surface area contributed by atoms with Crippen LogP contribution in [-0.4, -0.2) is 30.1 Å². The molecular weight excluding hydrogens is 276 g/mol. The first-order valence-electron chi connectivity index (χ1n) is 7.30. The number of aryl methyl sites for hydroxylation is 1. The third-order valence-electron chi connectivity index (χ3n) is 3.92. The SMILES string of the molecule is Cc1nc2ccc(CC(C)c3cc4cnncc4[nH]3)nc2[nH]1. The van der Waals surface area contributed by atoms with Crippen LogP contribution in [0.3, 0.4) is 0 Å². The predicted molar refractivity (Wildman–Crippen MR) is 84.6 cm³/mol. The molecule has 6 heteroatoms. The molecule has 4 heterocycles. The van der Waals surface area contributed by atoms with Gasteiger partial charge in [-0.05, 0) is 31.5 Å². The van der Waals surface area contributed by atoms with E-state index in [0.29, 0.717) is 5.92 Å². The van der Waals surface area contributed by atoms with Crippen LogP contribution in [0.5, 0.6) is 0 Å². The zero-order chi connectivity index (χ0) is 15.1. The molecule has 0 aliphatic rings. The molecule has 0 saturated heterocycles. The minimum Gasteiger partial charge on any atom is -0.357 e. The van der Waals surface area contributed by atoms with Crippen molar-refractivity contribution in [3.63, 3.8) is 0 Å². The fourth-order valence-electron chi connectivity index (χ4n) is 2.77. The second-order valence-electron chi connectivity index (χ2n) is 5.68. The van der Waals surface area contributed by atoms with Crippen LogP contribution in [0.15, 0.2) is 30.6 Å². The lowest BCUT2D eigenvalue weighted by Gasteiger charge is -2.08. The third kappa shape index (κ3) is 2.22. The summed E-state index contributed by atoms with van der Waals surface area (Å²) in [6, 6.07) is 6.20. The topological polar surface area (TPSA) is 83.1 Å². The molecule has 6 nitrogen and oxygen atoms in total. The van der Waals surface area contributed by atoms with Gasteiger partial charge in [0, 0.05) is 22.7 Å². The Labute approximate surface area is 127 Å². The van der Waals surface area contributed by atoms with Gasteiger partial charge in [0.05, 0.1) is 17.9 Å². The van der Waals surface area contributed by atoms with Crippen LogP contribution in [0.2, 0.25) is 0 Å². The molecule has 0 spiro atoms. The first-order chi connectivity index (χ1) is 10.7. The fourth-order valence-corrected chi connectivity index (χ4v) is 2.77. The Balaban J connectivity index is 1.62. The summed E-state index contributed by atoms with van der Waals surface area (Å²) in [6.07, 6.45) is 4.39. The Hall–Kier alpha value is -2.76. The number of aromatic nitrogens is 6. The molecule has 0 saturated carbocycles. The van der Waals surface area contributed by atoms with Crippen LogP contribution >= 0.6 is 0 Å². The minimum absolute atomic E-state index is 0.335. The third-order valence-corrected chi connectivity index (χ3v) is 3.92. The van der Waals surface area contributed by atoms with Crippen LogP contribution < -0.4 is 0 Å². The highest BCUT2D eigenvalue weighted by atomic mass is 15.1. The van der Waals surface area contributed by atoms with E-state index in [2.05, 4.69) is 43.1 Å². The van der Waals surface area contributed by atoms with Crippen molar-refractivity contribution >= 4 is 22.1 Å². The second kappa shape index (κ2) is 4.91. The summed E-state index contributed by atoms with van der Waals surface area (Å²) in [7, 11) is 0. The molecule has 4 rings (SSSR count). The van der Waals surface area contributed by atoms with Crippen molar-refractivity contribution in [2.24, 2.45) is 0 Å². The van der Waals surface area contributed by atoms with Crippen LogP contribution in [0.4, 0.5) is 0 Å². The Morgan fingerprint density at radius 3 is 2.82 bits per heavy atom. The first-order valence-corrected chi connectivity index (χ1v) is 7.30. The number of nitrogens with zero attached hydrogens (tertiary/aromatic N) is 4. The molecule has 0 fully saturated rings. The van der Waals surface area contributed by atoms with Gasteiger partial charge < -0.3 is 9.97 Å². The molecule has 1 atom stereocenters. The van der Waals surface area contributed by atoms with E-state index in [4.69, 9.17) is 0 Å². The molecule has 0 radical (unpaired) electrons. The summed E-state index contributed by atoms with van der Waals surface area (Å²) in [5.41, 5.74) is 5.01. The summed E-state index contributed by atoms with van der Waals surface area (Å²) in [6.45, 7) is 4.13. The Morgan fingerprint density at radius 2 is 1.95 bits per heavy atom. The monoisotopic (exact) mass is 292 g/mol. The summed E-state index contributed by atoms with van der Waals surface area (Å²) >= 11 is 0. The Bertz CT molecular complexity index is 919. The molecule has 110 valence electrons. The van der Waals surface area contributed by atoms with Crippen molar-refractivity contribution in [1.82, 2.24) is 30.1 Å². The van der Waals surface area contributed by atoms with Crippen molar-refractivity contribution in [2.75, 3.05) is 0 Å². The van der Waals surface area contributed by atoms with Gasteiger partial charge in [0.2, 0.25) is 0 Å². The highest BCUT2D eigenvalue weighted by Gasteiger charge is 2.12. The standard InChI is InChI=1S/C16H16N6/c1-9(14-6-11-7-17-18-8-15(11)22-14)5-12-3-4-13-16(21-12)20-10(2)19-13/h3-4,6-9,22H,5H2,1-2H3,(H,19,20,21). The molecule has 0 aromatic carbocycles. The molecule has 2 N–H and O–H groups in total. The van der Waals surface area contributed by atoms with Gasteiger partial charge in [-0.1, -0.05) is 6.92 Å². The van der Waals surface area contributed by atoms with Crippen LogP contribution in [0, 0.1) is 6.92 Å². The number of pyridine rings is 1. The van der Waals surface area contributed by atoms with E-state index in [1.54, 1.807) is 12.4 Å². The van der Waals surface area contributed by atoms with Gasteiger partial charge in [0.1, 0.15) is 11.3 Å². The number of hydrogen-bond acceptors (Lipinski definition) is 4. The second-order valence-corrected chi connectivity index (χ2v) is 5.68. The van der Waals surface area contributed by atoms with Gasteiger partial charge in [-0.3, -0.25) is 0 Å². The predicted octanol–water partition coefficient (Wildman–Crippen LogP) is 2.88. The van der Waals surface area contributed by atoms with Crippen molar-refractivity contribution in [1.29, 1.82) is 0 Å². The number of nitrogens with one attached hydrogen (secondary N) is 2. The van der Waals surface area contributed by atoms with Crippen molar-refractivity contribution < 1.29 is 0 Å². The zero-order valence-corrected chi connectivity index (χ0v) is 12.5. The molecule has 4 aromatic rings. The van der Waals surface area contributed by atoms with Crippen molar-refractivity contribution in [3.8, 4) is 0 Å². The van der Waals surface area contributed by atoms with Gasteiger partial charge in [-0.25, -0.2) is 9.97 Å². The average Bonchev–Trinajstić information content (AvgIpc) is 3.08. The lowest BCUT2D eigenvalue weighted by Crippen LogP contribution is -2.01. The van der Waals surface area contributed by atoms with E-state index in [9.17, 15) is 0 Å². The Kier molecular flexibility index (Phi) is 2.89. The fraction of sp³-hybridized carbons (Fsp3) is 0.250. The summed E-state index contributed by atoms with van der Waals surface area (Å²) in [4.78, 5) is 15.6. The number of aromatic amines is 2. The molecule has 0 bridgehead atoms. The van der Waals surface area contributed by atoms with Gasteiger partial charge in [0.15, 0.2) is 5.65 Å². The summed E-state index contributed by atoms with van der Waals surface area (Å²) in [5, 5.41) is 8.90. The maximum atomic E-state index is 4.66.